The summed E-state index contributed by atoms with van der Waals surface area (Å²) in [6.07, 6.45) is 1.28. The normalized spacial score (nSPS) is 12.3. The van der Waals surface area contributed by atoms with Gasteiger partial charge in [0.05, 0.1) is 5.02 Å². The molecule has 0 heterocycles. The molecule has 1 aromatic carbocycles. The van der Waals surface area contributed by atoms with Crippen LogP contribution in [0.4, 0.5) is 0 Å². The van der Waals surface area contributed by atoms with Gasteiger partial charge in [-0.15, -0.1) is 0 Å². The first-order chi connectivity index (χ1) is 8.58. The summed E-state index contributed by atoms with van der Waals surface area (Å²) in [6.45, 7) is 5.82. The highest BCUT2D eigenvalue weighted by Crippen LogP contribution is 2.24. The molecular weight excluding hydrogens is 250 g/mol. The summed E-state index contributed by atoms with van der Waals surface area (Å²) in [6, 6.07) is 7.34. The van der Waals surface area contributed by atoms with Crippen molar-refractivity contribution in [3.8, 4) is 5.75 Å². The van der Waals surface area contributed by atoms with E-state index in [1.165, 1.54) is 0 Å². The number of benzene rings is 1. The van der Waals surface area contributed by atoms with Crippen molar-refractivity contribution in [3.63, 3.8) is 0 Å². The van der Waals surface area contributed by atoms with E-state index >= 15 is 0 Å². The molecular formula is C14H20ClNO2. The molecule has 1 N–H and O–H groups in total. The standard InChI is InChI=1S/C14H20ClNO2/c1-4-11(5-2)16-14(17)10(3)18-13-9-7-6-8-12(13)15/h6-11H,4-5H2,1-3H3,(H,16,17). The maximum absolute atomic E-state index is 11.9. The molecule has 0 aliphatic carbocycles. The first-order valence-electron chi connectivity index (χ1n) is 6.30. The van der Waals surface area contributed by atoms with Gasteiger partial charge in [-0.25, -0.2) is 0 Å². The average Bonchev–Trinajstić information content (AvgIpc) is 2.38. The molecule has 1 unspecified atom stereocenters. The Hall–Kier alpha value is -1.22. The molecule has 3 nitrogen and oxygen atoms in total. The van der Waals surface area contributed by atoms with Crippen LogP contribution in [-0.2, 0) is 4.79 Å². The first-order valence-corrected chi connectivity index (χ1v) is 6.67. The van der Waals surface area contributed by atoms with Crippen LogP contribution < -0.4 is 10.1 Å². The molecule has 4 heteroatoms. The third-order valence-corrected chi connectivity index (χ3v) is 3.15. The minimum Gasteiger partial charge on any atom is -0.479 e. The van der Waals surface area contributed by atoms with E-state index in [-0.39, 0.29) is 11.9 Å². The molecule has 1 atom stereocenters. The van der Waals surface area contributed by atoms with E-state index in [0.717, 1.165) is 12.8 Å². The molecule has 0 saturated heterocycles. The zero-order valence-electron chi connectivity index (χ0n) is 11.1. The molecule has 0 radical (unpaired) electrons. The monoisotopic (exact) mass is 269 g/mol. The number of hydrogen-bond acceptors (Lipinski definition) is 2. The molecule has 0 bridgehead atoms. The average molecular weight is 270 g/mol. The second kappa shape index (κ2) is 7.27. The van der Waals surface area contributed by atoms with Gasteiger partial charge in [-0.1, -0.05) is 37.6 Å². The van der Waals surface area contributed by atoms with Gasteiger partial charge in [0.2, 0.25) is 0 Å². The molecule has 1 aromatic rings. The van der Waals surface area contributed by atoms with Gasteiger partial charge in [0.25, 0.3) is 5.91 Å². The lowest BCUT2D eigenvalue weighted by Gasteiger charge is -2.19. The maximum atomic E-state index is 11.9. The number of amides is 1. The van der Waals surface area contributed by atoms with Crippen LogP contribution >= 0.6 is 11.6 Å². The predicted octanol–water partition coefficient (Wildman–Crippen LogP) is 3.41. The number of ether oxygens (including phenoxy) is 1. The Balaban J connectivity index is 2.57. The van der Waals surface area contributed by atoms with E-state index in [1.54, 1.807) is 19.1 Å². The van der Waals surface area contributed by atoms with Crippen LogP contribution in [0.2, 0.25) is 5.02 Å². The molecule has 0 fully saturated rings. The first kappa shape index (κ1) is 14.8. The van der Waals surface area contributed by atoms with Crippen molar-refractivity contribution >= 4 is 17.5 Å². The summed E-state index contributed by atoms with van der Waals surface area (Å²) >= 11 is 5.98. The summed E-state index contributed by atoms with van der Waals surface area (Å²) in [7, 11) is 0. The minimum atomic E-state index is -0.550. The summed E-state index contributed by atoms with van der Waals surface area (Å²) < 4.78 is 5.55. The van der Waals surface area contributed by atoms with Gasteiger partial charge < -0.3 is 10.1 Å². The van der Waals surface area contributed by atoms with Gasteiger partial charge in [0, 0.05) is 6.04 Å². The third-order valence-electron chi connectivity index (χ3n) is 2.84. The fourth-order valence-corrected chi connectivity index (χ4v) is 1.78. The fourth-order valence-electron chi connectivity index (χ4n) is 1.60. The number of para-hydroxylation sites is 1. The summed E-state index contributed by atoms with van der Waals surface area (Å²) in [5, 5.41) is 3.46. The maximum Gasteiger partial charge on any atom is 0.260 e. The van der Waals surface area contributed by atoms with Gasteiger partial charge in [-0.2, -0.15) is 0 Å². The molecule has 0 spiro atoms. The van der Waals surface area contributed by atoms with Crippen LogP contribution in [0.5, 0.6) is 5.75 Å². The molecule has 1 rings (SSSR count). The van der Waals surface area contributed by atoms with Crippen LogP contribution in [0.15, 0.2) is 24.3 Å². The molecule has 18 heavy (non-hydrogen) atoms. The lowest BCUT2D eigenvalue weighted by molar-refractivity contribution is -0.128. The Kier molecular flexibility index (Phi) is 5.99. The highest BCUT2D eigenvalue weighted by Gasteiger charge is 2.18. The van der Waals surface area contributed by atoms with Crippen molar-refractivity contribution in [1.29, 1.82) is 0 Å². The minimum absolute atomic E-state index is 0.108. The van der Waals surface area contributed by atoms with Gasteiger partial charge >= 0.3 is 0 Å². The van der Waals surface area contributed by atoms with E-state index in [9.17, 15) is 4.79 Å². The van der Waals surface area contributed by atoms with E-state index in [1.807, 2.05) is 26.0 Å². The number of nitrogens with one attached hydrogen (secondary N) is 1. The number of rotatable bonds is 6. The topological polar surface area (TPSA) is 38.3 Å². The van der Waals surface area contributed by atoms with Crippen molar-refractivity contribution in [1.82, 2.24) is 5.32 Å². The van der Waals surface area contributed by atoms with E-state index in [2.05, 4.69) is 5.32 Å². The number of carbonyl (C=O) groups is 1. The molecule has 1 amide bonds. The Morgan fingerprint density at radius 1 is 1.33 bits per heavy atom. The highest BCUT2D eigenvalue weighted by atomic mass is 35.5. The van der Waals surface area contributed by atoms with Crippen molar-refractivity contribution in [2.45, 2.75) is 45.8 Å². The largest absolute Gasteiger partial charge is 0.479 e. The highest BCUT2D eigenvalue weighted by molar-refractivity contribution is 6.32. The van der Waals surface area contributed by atoms with Crippen LogP contribution in [0.25, 0.3) is 0 Å². The SMILES string of the molecule is CCC(CC)NC(=O)C(C)Oc1ccccc1Cl. The number of hydrogen-bond donors (Lipinski definition) is 1. The van der Waals surface area contributed by atoms with Crippen LogP contribution in [0.3, 0.4) is 0 Å². The zero-order chi connectivity index (χ0) is 13.5. The van der Waals surface area contributed by atoms with Gasteiger partial charge in [-0.05, 0) is 31.9 Å². The predicted molar refractivity (Wildman–Crippen MR) is 74.1 cm³/mol. The van der Waals surface area contributed by atoms with Crippen LogP contribution in [-0.4, -0.2) is 18.1 Å². The van der Waals surface area contributed by atoms with Crippen LogP contribution in [0.1, 0.15) is 33.6 Å². The lowest BCUT2D eigenvalue weighted by atomic mass is 10.1. The zero-order valence-corrected chi connectivity index (χ0v) is 11.8. The van der Waals surface area contributed by atoms with E-state index in [4.69, 9.17) is 16.3 Å². The van der Waals surface area contributed by atoms with Gasteiger partial charge in [0.15, 0.2) is 6.10 Å². The molecule has 0 aliphatic rings. The number of halogens is 1. The smallest absolute Gasteiger partial charge is 0.260 e. The Bertz CT molecular complexity index is 391. The second-order valence-electron chi connectivity index (χ2n) is 4.21. The fraction of sp³-hybridized carbons (Fsp3) is 0.500. The van der Waals surface area contributed by atoms with Gasteiger partial charge in [-0.3, -0.25) is 4.79 Å². The van der Waals surface area contributed by atoms with Gasteiger partial charge in [0.1, 0.15) is 5.75 Å². The Morgan fingerprint density at radius 3 is 2.50 bits per heavy atom. The summed E-state index contributed by atoms with van der Waals surface area (Å²) in [5.41, 5.74) is 0. The van der Waals surface area contributed by atoms with Crippen molar-refractivity contribution in [2.75, 3.05) is 0 Å². The molecule has 100 valence electrons. The van der Waals surface area contributed by atoms with Crippen LogP contribution in [0, 0.1) is 0 Å². The third kappa shape index (κ3) is 4.22. The molecule has 0 aliphatic heterocycles. The summed E-state index contributed by atoms with van der Waals surface area (Å²) in [5.74, 6) is 0.426. The second-order valence-corrected chi connectivity index (χ2v) is 4.62. The lowest BCUT2D eigenvalue weighted by Crippen LogP contribution is -2.42. The quantitative estimate of drug-likeness (QED) is 0.859. The molecule has 0 saturated carbocycles. The number of carbonyl (C=O) groups excluding carboxylic acids is 1. The Labute approximate surface area is 113 Å². The van der Waals surface area contributed by atoms with Crippen molar-refractivity contribution in [3.05, 3.63) is 29.3 Å². The van der Waals surface area contributed by atoms with E-state index < -0.39 is 6.10 Å². The van der Waals surface area contributed by atoms with E-state index in [0.29, 0.717) is 10.8 Å². The van der Waals surface area contributed by atoms with Crippen molar-refractivity contribution in [2.24, 2.45) is 0 Å². The summed E-state index contributed by atoms with van der Waals surface area (Å²) in [4.78, 5) is 11.9. The van der Waals surface area contributed by atoms with Crippen molar-refractivity contribution < 1.29 is 9.53 Å². The Morgan fingerprint density at radius 2 is 1.94 bits per heavy atom. The molecule has 0 aromatic heterocycles.